The topological polar surface area (TPSA) is 64.6 Å². The molecular formula is C22H26FNO4. The first-order valence-corrected chi connectivity index (χ1v) is 9.27. The third-order valence-corrected chi connectivity index (χ3v) is 4.60. The van der Waals surface area contributed by atoms with Crippen molar-refractivity contribution in [3.63, 3.8) is 0 Å². The monoisotopic (exact) mass is 387 g/mol. The van der Waals surface area contributed by atoms with Gasteiger partial charge < -0.3 is 14.8 Å². The van der Waals surface area contributed by atoms with Crippen LogP contribution in [-0.2, 0) is 20.7 Å². The van der Waals surface area contributed by atoms with Crippen LogP contribution < -0.4 is 10.1 Å². The second-order valence-electron chi connectivity index (χ2n) is 6.66. The largest absolute Gasteiger partial charge is 0.494 e. The molecule has 6 heteroatoms. The minimum absolute atomic E-state index is 0.102. The van der Waals surface area contributed by atoms with Gasteiger partial charge in [0, 0.05) is 5.69 Å². The van der Waals surface area contributed by atoms with Crippen LogP contribution >= 0.6 is 0 Å². The molecule has 0 radical (unpaired) electrons. The number of rotatable bonds is 8. The smallest absolute Gasteiger partial charge is 0.311 e. The first-order chi connectivity index (χ1) is 13.3. The number of methoxy groups -OCH3 is 1. The fourth-order valence-corrected chi connectivity index (χ4v) is 2.77. The number of esters is 1. The number of carbonyl (C=O) groups excluding carboxylic acids is 2. The third kappa shape index (κ3) is 5.55. The maximum Gasteiger partial charge on any atom is 0.311 e. The molecule has 0 aliphatic heterocycles. The van der Waals surface area contributed by atoms with Crippen LogP contribution in [0.5, 0.6) is 5.75 Å². The minimum atomic E-state index is -0.972. The molecule has 5 nitrogen and oxygen atoms in total. The lowest BCUT2D eigenvalue weighted by Crippen LogP contribution is -2.30. The number of halogens is 1. The summed E-state index contributed by atoms with van der Waals surface area (Å²) >= 11 is 0. The maximum absolute atomic E-state index is 13.7. The number of para-hydroxylation sites is 1. The van der Waals surface area contributed by atoms with Gasteiger partial charge in [0.25, 0.3) is 5.91 Å². The van der Waals surface area contributed by atoms with Gasteiger partial charge in [-0.25, -0.2) is 4.39 Å². The number of hydrogen-bond donors (Lipinski definition) is 1. The highest BCUT2D eigenvalue weighted by molar-refractivity contribution is 5.95. The van der Waals surface area contributed by atoms with Crippen LogP contribution in [-0.4, -0.2) is 25.1 Å². The molecule has 0 unspecified atom stereocenters. The number of benzene rings is 2. The first-order valence-electron chi connectivity index (χ1n) is 9.27. The second kappa shape index (κ2) is 9.88. The highest BCUT2D eigenvalue weighted by Crippen LogP contribution is 2.26. The van der Waals surface area contributed by atoms with Crippen LogP contribution in [0.3, 0.4) is 0 Å². The fourth-order valence-electron chi connectivity index (χ4n) is 2.77. The Morgan fingerprint density at radius 1 is 1.14 bits per heavy atom. The van der Waals surface area contributed by atoms with Gasteiger partial charge in [0.1, 0.15) is 0 Å². The van der Waals surface area contributed by atoms with Gasteiger partial charge in [-0.1, -0.05) is 38.1 Å². The van der Waals surface area contributed by atoms with Crippen molar-refractivity contribution in [2.75, 3.05) is 12.4 Å². The summed E-state index contributed by atoms with van der Waals surface area (Å²) in [6.07, 6.45) is -0.168. The minimum Gasteiger partial charge on any atom is -0.494 e. The van der Waals surface area contributed by atoms with E-state index >= 15 is 0 Å². The highest BCUT2D eigenvalue weighted by atomic mass is 19.1. The van der Waals surface area contributed by atoms with Crippen LogP contribution in [0.1, 0.15) is 44.2 Å². The van der Waals surface area contributed by atoms with Gasteiger partial charge in [0.05, 0.1) is 13.5 Å². The van der Waals surface area contributed by atoms with E-state index in [-0.39, 0.29) is 12.2 Å². The van der Waals surface area contributed by atoms with Gasteiger partial charge >= 0.3 is 5.97 Å². The molecule has 0 saturated carbocycles. The van der Waals surface area contributed by atoms with Crippen LogP contribution in [0.2, 0.25) is 0 Å². The predicted octanol–water partition coefficient (Wildman–Crippen LogP) is 4.46. The Labute approximate surface area is 164 Å². The van der Waals surface area contributed by atoms with Crippen molar-refractivity contribution in [2.45, 2.75) is 45.6 Å². The van der Waals surface area contributed by atoms with E-state index in [9.17, 15) is 14.0 Å². The van der Waals surface area contributed by atoms with Crippen molar-refractivity contribution in [3.05, 3.63) is 59.4 Å². The van der Waals surface area contributed by atoms with Gasteiger partial charge in [-0.3, -0.25) is 9.59 Å². The van der Waals surface area contributed by atoms with Gasteiger partial charge in [-0.15, -0.1) is 0 Å². The number of nitrogens with one attached hydrogen (secondary N) is 1. The molecule has 0 aliphatic carbocycles. The molecule has 2 aromatic carbocycles. The summed E-state index contributed by atoms with van der Waals surface area (Å²) in [4.78, 5) is 24.5. The molecule has 2 aromatic rings. The van der Waals surface area contributed by atoms with E-state index in [4.69, 9.17) is 9.47 Å². The number of hydrogen-bond acceptors (Lipinski definition) is 4. The average molecular weight is 387 g/mol. The maximum atomic E-state index is 13.7. The summed E-state index contributed by atoms with van der Waals surface area (Å²) < 4.78 is 23.8. The van der Waals surface area contributed by atoms with E-state index in [0.717, 1.165) is 12.0 Å². The van der Waals surface area contributed by atoms with E-state index in [1.807, 2.05) is 24.3 Å². The standard InChI is InChI=1S/C22H26FNO4/c1-5-14(2)17-8-6-7-9-19(17)24-22(26)15(3)28-21(25)13-16-10-11-20(27-4)18(23)12-16/h6-12,14-15H,5,13H2,1-4H3,(H,24,26)/t14-,15+/m0/s1. The zero-order valence-electron chi connectivity index (χ0n) is 16.6. The molecule has 0 fully saturated rings. The third-order valence-electron chi connectivity index (χ3n) is 4.60. The molecule has 0 bridgehead atoms. The number of ether oxygens (including phenoxy) is 2. The molecule has 150 valence electrons. The summed E-state index contributed by atoms with van der Waals surface area (Å²) in [5, 5.41) is 2.83. The molecule has 0 aliphatic rings. The zero-order chi connectivity index (χ0) is 20.7. The second-order valence-corrected chi connectivity index (χ2v) is 6.66. The van der Waals surface area contributed by atoms with E-state index in [2.05, 4.69) is 19.2 Å². The molecule has 0 heterocycles. The Kier molecular flexibility index (Phi) is 7.55. The van der Waals surface area contributed by atoms with Gasteiger partial charge in [-0.2, -0.15) is 0 Å². The Morgan fingerprint density at radius 2 is 1.86 bits per heavy atom. The van der Waals surface area contributed by atoms with E-state index in [1.54, 1.807) is 6.07 Å². The first kappa shape index (κ1) is 21.4. The molecule has 1 N–H and O–H groups in total. The molecule has 2 atom stereocenters. The number of carbonyl (C=O) groups is 2. The molecule has 0 saturated heterocycles. The molecule has 1 amide bonds. The van der Waals surface area contributed by atoms with Crippen molar-refractivity contribution < 1.29 is 23.5 Å². The van der Waals surface area contributed by atoms with Crippen molar-refractivity contribution in [3.8, 4) is 5.75 Å². The predicted molar refractivity (Wildman–Crippen MR) is 106 cm³/mol. The fraction of sp³-hybridized carbons (Fsp3) is 0.364. The Morgan fingerprint density at radius 3 is 2.50 bits per heavy atom. The van der Waals surface area contributed by atoms with Crippen LogP contribution in [0.15, 0.2) is 42.5 Å². The Hall–Kier alpha value is -2.89. The summed E-state index contributed by atoms with van der Waals surface area (Å²) in [5.74, 6) is -1.18. The van der Waals surface area contributed by atoms with Gasteiger partial charge in [-0.05, 0) is 48.6 Å². The van der Waals surface area contributed by atoms with Crippen molar-refractivity contribution in [1.29, 1.82) is 0 Å². The summed E-state index contributed by atoms with van der Waals surface area (Å²) in [5.41, 5.74) is 2.19. The zero-order valence-corrected chi connectivity index (χ0v) is 16.6. The van der Waals surface area contributed by atoms with Crippen molar-refractivity contribution in [2.24, 2.45) is 0 Å². The molecule has 0 spiro atoms. The van der Waals surface area contributed by atoms with Crippen LogP contribution in [0.4, 0.5) is 10.1 Å². The summed E-state index contributed by atoms with van der Waals surface area (Å²) in [7, 11) is 1.37. The molecule has 2 rings (SSSR count). The van der Waals surface area contributed by atoms with Crippen LogP contribution in [0, 0.1) is 5.82 Å². The average Bonchev–Trinajstić information content (AvgIpc) is 2.67. The number of amides is 1. The highest BCUT2D eigenvalue weighted by Gasteiger charge is 2.20. The van der Waals surface area contributed by atoms with Gasteiger partial charge in [0.2, 0.25) is 0 Å². The molecular weight excluding hydrogens is 361 g/mol. The van der Waals surface area contributed by atoms with E-state index in [1.165, 1.54) is 26.2 Å². The quantitative estimate of drug-likeness (QED) is 0.679. The molecule has 28 heavy (non-hydrogen) atoms. The molecule has 0 aromatic heterocycles. The lowest BCUT2D eigenvalue weighted by Gasteiger charge is -2.18. The lowest BCUT2D eigenvalue weighted by molar-refractivity contribution is -0.152. The lowest BCUT2D eigenvalue weighted by atomic mass is 9.97. The SMILES string of the molecule is CC[C@H](C)c1ccccc1NC(=O)[C@@H](C)OC(=O)Cc1ccc(OC)c(F)c1. The number of anilines is 1. The van der Waals surface area contributed by atoms with E-state index < -0.39 is 23.8 Å². The van der Waals surface area contributed by atoms with Gasteiger partial charge in [0.15, 0.2) is 17.7 Å². The Bertz CT molecular complexity index is 837. The Balaban J connectivity index is 1.97. The normalized spacial score (nSPS) is 12.8. The van der Waals surface area contributed by atoms with E-state index in [0.29, 0.717) is 17.2 Å². The van der Waals surface area contributed by atoms with Crippen molar-refractivity contribution >= 4 is 17.6 Å². The summed E-state index contributed by atoms with van der Waals surface area (Å²) in [6, 6.07) is 11.8. The van der Waals surface area contributed by atoms with Crippen LogP contribution in [0.25, 0.3) is 0 Å². The summed E-state index contributed by atoms with van der Waals surface area (Å²) in [6.45, 7) is 5.67. The van der Waals surface area contributed by atoms with Crippen molar-refractivity contribution in [1.82, 2.24) is 0 Å².